The van der Waals surface area contributed by atoms with E-state index in [0.717, 1.165) is 0 Å². The quantitative estimate of drug-likeness (QED) is 0.758. The second kappa shape index (κ2) is 4.61. The van der Waals surface area contributed by atoms with Crippen LogP contribution in [0.3, 0.4) is 0 Å². The average Bonchev–Trinajstić information content (AvgIpc) is 2.60. The summed E-state index contributed by atoms with van der Waals surface area (Å²) in [5.41, 5.74) is 0. The Labute approximate surface area is 92.0 Å². The molecule has 6 nitrogen and oxygen atoms in total. The fourth-order valence-corrected chi connectivity index (χ4v) is 2.19. The number of carboxylic acid groups (broad SMARTS) is 1. The number of aliphatic carboxylic acids is 1. The van der Waals surface area contributed by atoms with Gasteiger partial charge in [-0.15, -0.1) is 5.10 Å². The third-order valence-electron chi connectivity index (χ3n) is 2.40. The zero-order valence-electron chi connectivity index (χ0n) is 8.97. The maximum atomic E-state index is 11.2. The van der Waals surface area contributed by atoms with Gasteiger partial charge in [-0.25, -0.2) is 4.68 Å². The van der Waals surface area contributed by atoms with Gasteiger partial charge in [-0.3, -0.25) is 4.79 Å². The van der Waals surface area contributed by atoms with Gasteiger partial charge in [0, 0.05) is 7.05 Å². The Balaban J connectivity index is 2.93. The second-order valence-corrected chi connectivity index (χ2v) is 4.54. The first kappa shape index (κ1) is 12.0. The summed E-state index contributed by atoms with van der Waals surface area (Å²) in [5, 5.41) is 20.7. The van der Waals surface area contributed by atoms with Crippen molar-refractivity contribution >= 4 is 17.7 Å². The molecule has 0 aliphatic carbocycles. The van der Waals surface area contributed by atoms with E-state index in [9.17, 15) is 9.90 Å². The van der Waals surface area contributed by atoms with Crippen LogP contribution >= 0.6 is 11.8 Å². The lowest BCUT2D eigenvalue weighted by Gasteiger charge is -2.24. The summed E-state index contributed by atoms with van der Waals surface area (Å²) in [7, 11) is 1.69. The highest BCUT2D eigenvalue weighted by Crippen LogP contribution is 2.36. The topological polar surface area (TPSA) is 80.9 Å². The first-order valence-corrected chi connectivity index (χ1v) is 5.52. The van der Waals surface area contributed by atoms with Crippen molar-refractivity contribution in [3.8, 4) is 0 Å². The Bertz CT molecular complexity index is 348. The minimum Gasteiger partial charge on any atom is -0.480 e. The molecule has 0 aliphatic rings. The number of aromatic nitrogens is 4. The number of rotatable bonds is 5. The van der Waals surface area contributed by atoms with Gasteiger partial charge < -0.3 is 5.11 Å². The van der Waals surface area contributed by atoms with Gasteiger partial charge in [0.15, 0.2) is 0 Å². The van der Waals surface area contributed by atoms with Crippen molar-refractivity contribution in [1.29, 1.82) is 0 Å². The standard InChI is InChI=1S/C8H14N4O2S/c1-4-8(5-2,6(13)14)15-7-9-10-11-12(7)3/h4-5H2,1-3H3,(H,13,14). The Kier molecular flexibility index (Phi) is 3.67. The van der Waals surface area contributed by atoms with Gasteiger partial charge >= 0.3 is 5.97 Å². The van der Waals surface area contributed by atoms with E-state index in [4.69, 9.17) is 0 Å². The van der Waals surface area contributed by atoms with Crippen LogP contribution in [-0.4, -0.2) is 36.0 Å². The SMILES string of the molecule is CCC(CC)(Sc1nnnn1C)C(=O)O. The number of thioether (sulfide) groups is 1. The van der Waals surface area contributed by atoms with Gasteiger partial charge in [0.05, 0.1) is 0 Å². The van der Waals surface area contributed by atoms with E-state index in [0.29, 0.717) is 18.0 Å². The molecule has 0 aromatic carbocycles. The highest BCUT2D eigenvalue weighted by atomic mass is 32.2. The zero-order chi connectivity index (χ0) is 11.5. The third kappa shape index (κ3) is 2.28. The Morgan fingerprint density at radius 2 is 2.13 bits per heavy atom. The van der Waals surface area contributed by atoms with Crippen molar-refractivity contribution in [2.75, 3.05) is 0 Å². The van der Waals surface area contributed by atoms with E-state index < -0.39 is 10.7 Å². The van der Waals surface area contributed by atoms with Gasteiger partial charge in [-0.2, -0.15) is 0 Å². The molecule has 0 aliphatic heterocycles. The van der Waals surface area contributed by atoms with Crippen LogP contribution in [0, 0.1) is 0 Å². The van der Waals surface area contributed by atoms with Crippen LogP contribution in [0.4, 0.5) is 0 Å². The van der Waals surface area contributed by atoms with Crippen LogP contribution in [0.15, 0.2) is 5.16 Å². The van der Waals surface area contributed by atoms with E-state index in [1.807, 2.05) is 13.8 Å². The summed E-state index contributed by atoms with van der Waals surface area (Å²) >= 11 is 1.20. The summed E-state index contributed by atoms with van der Waals surface area (Å²) in [6.07, 6.45) is 1.08. The summed E-state index contributed by atoms with van der Waals surface area (Å²) in [4.78, 5) is 11.2. The van der Waals surface area contributed by atoms with Crippen molar-refractivity contribution in [3.63, 3.8) is 0 Å². The van der Waals surface area contributed by atoms with E-state index in [1.54, 1.807) is 7.05 Å². The Morgan fingerprint density at radius 1 is 1.53 bits per heavy atom. The monoisotopic (exact) mass is 230 g/mol. The number of carboxylic acids is 1. The molecule has 0 radical (unpaired) electrons. The lowest BCUT2D eigenvalue weighted by Crippen LogP contribution is -2.33. The summed E-state index contributed by atoms with van der Waals surface area (Å²) in [6, 6.07) is 0. The molecule has 1 aromatic rings. The van der Waals surface area contributed by atoms with Gasteiger partial charge in [0.25, 0.3) is 0 Å². The largest absolute Gasteiger partial charge is 0.480 e. The Hall–Kier alpha value is -1.11. The number of tetrazole rings is 1. The maximum Gasteiger partial charge on any atom is 0.320 e. The first-order chi connectivity index (χ1) is 7.05. The number of carbonyl (C=O) groups is 1. The lowest BCUT2D eigenvalue weighted by molar-refractivity contribution is -0.140. The molecule has 0 saturated heterocycles. The molecule has 0 fully saturated rings. The van der Waals surface area contributed by atoms with Crippen molar-refractivity contribution in [2.24, 2.45) is 7.05 Å². The smallest absolute Gasteiger partial charge is 0.320 e. The Morgan fingerprint density at radius 3 is 2.47 bits per heavy atom. The minimum absolute atomic E-state index is 0.529. The van der Waals surface area contributed by atoms with Crippen LogP contribution in [-0.2, 0) is 11.8 Å². The van der Waals surface area contributed by atoms with Crippen molar-refractivity contribution < 1.29 is 9.90 Å². The zero-order valence-corrected chi connectivity index (χ0v) is 9.78. The third-order valence-corrected chi connectivity index (χ3v) is 4.07. The van der Waals surface area contributed by atoms with Crippen molar-refractivity contribution in [2.45, 2.75) is 36.6 Å². The fourth-order valence-electron chi connectivity index (χ4n) is 1.22. The maximum absolute atomic E-state index is 11.2. The molecule has 1 heterocycles. The highest BCUT2D eigenvalue weighted by molar-refractivity contribution is 8.01. The van der Waals surface area contributed by atoms with E-state index in [2.05, 4.69) is 15.5 Å². The molecule has 0 bridgehead atoms. The molecule has 15 heavy (non-hydrogen) atoms. The van der Waals surface area contributed by atoms with Gasteiger partial charge in [-0.1, -0.05) is 25.6 Å². The van der Waals surface area contributed by atoms with Gasteiger partial charge in [0.2, 0.25) is 5.16 Å². The van der Waals surface area contributed by atoms with Crippen LogP contribution < -0.4 is 0 Å². The molecular weight excluding hydrogens is 216 g/mol. The molecule has 0 spiro atoms. The molecule has 1 N–H and O–H groups in total. The van der Waals surface area contributed by atoms with Crippen LogP contribution in [0.2, 0.25) is 0 Å². The number of nitrogens with zero attached hydrogens (tertiary/aromatic N) is 4. The lowest BCUT2D eigenvalue weighted by atomic mass is 10.0. The minimum atomic E-state index is -0.831. The first-order valence-electron chi connectivity index (χ1n) is 4.70. The molecular formula is C8H14N4O2S. The summed E-state index contributed by atoms with van der Waals surface area (Å²) < 4.78 is 0.649. The predicted octanol–water partition coefficient (Wildman–Crippen LogP) is 0.946. The van der Waals surface area contributed by atoms with Crippen LogP contribution in [0.1, 0.15) is 26.7 Å². The van der Waals surface area contributed by atoms with Crippen molar-refractivity contribution in [3.05, 3.63) is 0 Å². The van der Waals surface area contributed by atoms with Gasteiger partial charge in [-0.05, 0) is 23.3 Å². The van der Waals surface area contributed by atoms with Gasteiger partial charge in [0.1, 0.15) is 4.75 Å². The number of aryl methyl sites for hydroxylation is 1. The number of hydrogen-bond donors (Lipinski definition) is 1. The normalized spacial score (nSPS) is 11.7. The van der Waals surface area contributed by atoms with Crippen LogP contribution in [0.5, 0.6) is 0 Å². The van der Waals surface area contributed by atoms with E-state index in [1.165, 1.54) is 16.4 Å². The molecule has 84 valence electrons. The second-order valence-electron chi connectivity index (χ2n) is 3.19. The van der Waals surface area contributed by atoms with E-state index >= 15 is 0 Å². The van der Waals surface area contributed by atoms with Crippen molar-refractivity contribution in [1.82, 2.24) is 20.2 Å². The summed E-state index contributed by atoms with van der Waals surface area (Å²) in [6.45, 7) is 3.71. The van der Waals surface area contributed by atoms with Crippen LogP contribution in [0.25, 0.3) is 0 Å². The molecule has 0 unspecified atom stereocenters. The predicted molar refractivity (Wildman–Crippen MR) is 55.6 cm³/mol. The molecule has 0 saturated carbocycles. The number of hydrogen-bond acceptors (Lipinski definition) is 5. The molecule has 1 rings (SSSR count). The molecule has 0 atom stereocenters. The summed E-state index contributed by atoms with van der Waals surface area (Å²) in [5.74, 6) is -0.819. The molecule has 7 heteroatoms. The fraction of sp³-hybridized carbons (Fsp3) is 0.750. The molecule has 1 aromatic heterocycles. The highest BCUT2D eigenvalue weighted by Gasteiger charge is 2.37. The van der Waals surface area contributed by atoms with E-state index in [-0.39, 0.29) is 0 Å². The molecule has 0 amide bonds. The average molecular weight is 230 g/mol.